The second-order valence-electron chi connectivity index (χ2n) is 9.45. The summed E-state index contributed by atoms with van der Waals surface area (Å²) in [6.07, 6.45) is 4.07. The summed E-state index contributed by atoms with van der Waals surface area (Å²) in [5, 5.41) is 1.21. The number of rotatable bonds is 9. The highest BCUT2D eigenvalue weighted by Crippen LogP contribution is 2.35. The lowest BCUT2D eigenvalue weighted by molar-refractivity contribution is 0.1000. The van der Waals surface area contributed by atoms with E-state index in [1.807, 2.05) is 18.2 Å². The van der Waals surface area contributed by atoms with Crippen molar-refractivity contribution >= 4 is 26.8 Å². The molecule has 1 aliphatic heterocycles. The Kier molecular flexibility index (Phi) is 7.30. The maximum Gasteiger partial charge on any atom is 0.248 e. The number of H-pyrrole nitrogens is 1. The van der Waals surface area contributed by atoms with Crippen molar-refractivity contribution in [1.29, 1.82) is 0 Å². The molecule has 0 atom stereocenters. The van der Waals surface area contributed by atoms with Crippen molar-refractivity contribution in [3.8, 4) is 16.9 Å². The molecule has 7 nitrogen and oxygen atoms in total. The van der Waals surface area contributed by atoms with Crippen LogP contribution in [0.15, 0.2) is 79.0 Å². The van der Waals surface area contributed by atoms with Gasteiger partial charge in [0.15, 0.2) is 0 Å². The molecule has 1 aromatic heterocycles. The third kappa shape index (κ3) is 5.70. The molecule has 2 heterocycles. The first-order valence-electron chi connectivity index (χ1n) is 12.6. The van der Waals surface area contributed by atoms with Crippen molar-refractivity contribution in [3.63, 3.8) is 0 Å². The minimum atomic E-state index is -3.35. The van der Waals surface area contributed by atoms with Crippen LogP contribution >= 0.6 is 0 Å². The molecule has 1 amide bonds. The first-order chi connectivity index (χ1) is 17.9. The van der Waals surface area contributed by atoms with Crippen LogP contribution in [0.2, 0.25) is 0 Å². The average Bonchev–Trinajstić information content (AvgIpc) is 3.35. The van der Waals surface area contributed by atoms with Crippen LogP contribution in [0.4, 0.5) is 0 Å². The number of nitrogens with zero attached hydrogens (tertiary/aromatic N) is 1. The van der Waals surface area contributed by atoms with Gasteiger partial charge in [0.2, 0.25) is 15.9 Å². The van der Waals surface area contributed by atoms with E-state index in [1.54, 1.807) is 28.6 Å². The van der Waals surface area contributed by atoms with E-state index >= 15 is 0 Å². The number of carbonyl (C=O) groups is 1. The third-order valence-corrected chi connectivity index (χ3v) is 9.02. The number of sulfonamides is 1. The van der Waals surface area contributed by atoms with Gasteiger partial charge in [0.25, 0.3) is 0 Å². The fraction of sp³-hybridized carbons (Fsp3) is 0.276. The summed E-state index contributed by atoms with van der Waals surface area (Å²) in [5.74, 6) is 0.447. The highest BCUT2D eigenvalue weighted by atomic mass is 32.2. The van der Waals surface area contributed by atoms with Crippen molar-refractivity contribution in [2.75, 3.05) is 25.4 Å². The standard InChI is InChI=1S/C29H31N3O4S/c30-29(33)23-7-10-25(11-8-23)36-17-4-18-37(34,35)32-15-13-22(14-16-32)27-20-31-28-12-9-24(19-26(27)28)21-5-2-1-3-6-21/h1-3,5-12,19-20,22,31H,4,13-18H2,(H2,30,33). The SMILES string of the molecule is NC(=O)c1ccc(OCCCS(=O)(=O)N2CCC(c3c[nH]c4ccc(-c5ccccc5)cc34)CC2)cc1. The van der Waals surface area contributed by atoms with E-state index in [0.717, 1.165) is 18.4 Å². The number of hydrogen-bond donors (Lipinski definition) is 2. The van der Waals surface area contributed by atoms with Gasteiger partial charge in [0, 0.05) is 35.8 Å². The van der Waals surface area contributed by atoms with Gasteiger partial charge in [-0.3, -0.25) is 4.79 Å². The number of piperidine rings is 1. The molecule has 5 rings (SSSR count). The van der Waals surface area contributed by atoms with E-state index in [4.69, 9.17) is 10.5 Å². The summed E-state index contributed by atoms with van der Waals surface area (Å²) in [7, 11) is -3.35. The van der Waals surface area contributed by atoms with Crippen molar-refractivity contribution in [3.05, 3.63) is 90.1 Å². The number of amides is 1. The number of hydrogen-bond acceptors (Lipinski definition) is 4. The Bertz CT molecular complexity index is 1470. The molecule has 1 aliphatic rings. The van der Waals surface area contributed by atoms with Crippen LogP contribution in [0.1, 0.15) is 41.1 Å². The fourth-order valence-electron chi connectivity index (χ4n) is 5.01. The van der Waals surface area contributed by atoms with E-state index in [9.17, 15) is 13.2 Å². The lowest BCUT2D eigenvalue weighted by Gasteiger charge is -2.31. The highest BCUT2D eigenvalue weighted by Gasteiger charge is 2.29. The minimum Gasteiger partial charge on any atom is -0.494 e. The minimum absolute atomic E-state index is 0.0462. The molecular weight excluding hydrogens is 486 g/mol. The number of ether oxygens (including phenoxy) is 1. The molecule has 1 fully saturated rings. The van der Waals surface area contributed by atoms with Crippen LogP contribution < -0.4 is 10.5 Å². The van der Waals surface area contributed by atoms with E-state index in [2.05, 4.69) is 41.5 Å². The second kappa shape index (κ2) is 10.8. The van der Waals surface area contributed by atoms with Crippen LogP contribution in [-0.4, -0.2) is 49.1 Å². The Labute approximate surface area is 217 Å². The number of aromatic amines is 1. The van der Waals surface area contributed by atoms with E-state index < -0.39 is 15.9 Å². The number of nitrogens with one attached hydrogen (secondary N) is 1. The normalized spacial score (nSPS) is 15.1. The first kappa shape index (κ1) is 25.0. The zero-order valence-electron chi connectivity index (χ0n) is 20.6. The zero-order valence-corrected chi connectivity index (χ0v) is 21.4. The zero-order chi connectivity index (χ0) is 25.8. The molecule has 4 aromatic rings. The Balaban J connectivity index is 1.16. The number of fused-ring (bicyclic) bond motifs is 1. The molecule has 0 saturated carbocycles. The van der Waals surface area contributed by atoms with Gasteiger partial charge < -0.3 is 15.5 Å². The molecule has 0 bridgehead atoms. The molecule has 37 heavy (non-hydrogen) atoms. The lowest BCUT2D eigenvalue weighted by atomic mass is 9.89. The third-order valence-electron chi connectivity index (χ3n) is 7.06. The van der Waals surface area contributed by atoms with Gasteiger partial charge in [0.1, 0.15) is 5.75 Å². The van der Waals surface area contributed by atoms with Crippen LogP contribution in [0.5, 0.6) is 5.75 Å². The topological polar surface area (TPSA) is 105 Å². The molecule has 1 saturated heterocycles. The van der Waals surface area contributed by atoms with Gasteiger partial charge in [-0.1, -0.05) is 36.4 Å². The maximum absolute atomic E-state index is 12.9. The predicted octanol–water partition coefficient (Wildman–Crippen LogP) is 4.91. The fourth-order valence-corrected chi connectivity index (χ4v) is 6.52. The highest BCUT2D eigenvalue weighted by molar-refractivity contribution is 7.89. The number of aromatic nitrogens is 1. The van der Waals surface area contributed by atoms with Crippen molar-refractivity contribution in [2.24, 2.45) is 5.73 Å². The largest absolute Gasteiger partial charge is 0.494 e. The van der Waals surface area contributed by atoms with Crippen molar-refractivity contribution in [2.45, 2.75) is 25.2 Å². The maximum atomic E-state index is 12.9. The van der Waals surface area contributed by atoms with Crippen LogP contribution in [-0.2, 0) is 10.0 Å². The summed E-state index contributed by atoms with van der Waals surface area (Å²) in [4.78, 5) is 14.5. The summed E-state index contributed by atoms with van der Waals surface area (Å²) < 4.78 is 33.1. The van der Waals surface area contributed by atoms with Crippen LogP contribution in [0, 0.1) is 0 Å². The van der Waals surface area contributed by atoms with Gasteiger partial charge in [0.05, 0.1) is 12.4 Å². The van der Waals surface area contributed by atoms with Crippen LogP contribution in [0.3, 0.4) is 0 Å². The van der Waals surface area contributed by atoms with E-state index in [-0.39, 0.29) is 12.4 Å². The van der Waals surface area contributed by atoms with E-state index in [1.165, 1.54) is 22.1 Å². The summed E-state index contributed by atoms with van der Waals surface area (Å²) in [6, 6.07) is 23.3. The molecule has 0 unspecified atom stereocenters. The Morgan fingerprint density at radius 1 is 0.973 bits per heavy atom. The number of primary amides is 1. The molecular formula is C29H31N3O4S. The van der Waals surface area contributed by atoms with Gasteiger partial charge in [-0.2, -0.15) is 0 Å². The molecule has 0 radical (unpaired) electrons. The van der Waals surface area contributed by atoms with Gasteiger partial charge in [-0.15, -0.1) is 0 Å². The van der Waals surface area contributed by atoms with Crippen molar-refractivity contribution < 1.29 is 17.9 Å². The number of benzene rings is 3. The van der Waals surface area contributed by atoms with Gasteiger partial charge in [-0.25, -0.2) is 12.7 Å². The molecule has 3 N–H and O–H groups in total. The summed E-state index contributed by atoms with van der Waals surface area (Å²) >= 11 is 0. The Hall–Kier alpha value is -3.62. The monoisotopic (exact) mass is 517 g/mol. The molecule has 0 spiro atoms. The second-order valence-corrected chi connectivity index (χ2v) is 11.5. The van der Waals surface area contributed by atoms with E-state index in [0.29, 0.717) is 36.7 Å². The Morgan fingerprint density at radius 3 is 2.41 bits per heavy atom. The predicted molar refractivity (Wildman–Crippen MR) is 146 cm³/mol. The molecule has 192 valence electrons. The molecule has 3 aromatic carbocycles. The number of carbonyl (C=O) groups excluding carboxylic acids is 1. The lowest BCUT2D eigenvalue weighted by Crippen LogP contribution is -2.39. The first-order valence-corrected chi connectivity index (χ1v) is 14.2. The average molecular weight is 518 g/mol. The van der Waals surface area contributed by atoms with Crippen molar-refractivity contribution in [1.82, 2.24) is 9.29 Å². The Morgan fingerprint density at radius 2 is 1.70 bits per heavy atom. The number of nitrogens with two attached hydrogens (primary N) is 1. The quantitative estimate of drug-likeness (QED) is 0.308. The summed E-state index contributed by atoms with van der Waals surface area (Å²) in [6.45, 7) is 1.33. The van der Waals surface area contributed by atoms with Gasteiger partial charge >= 0.3 is 0 Å². The van der Waals surface area contributed by atoms with Gasteiger partial charge in [-0.05, 0) is 78.3 Å². The molecule has 0 aliphatic carbocycles. The smallest absolute Gasteiger partial charge is 0.248 e. The molecule has 8 heteroatoms. The van der Waals surface area contributed by atoms with Crippen LogP contribution in [0.25, 0.3) is 22.0 Å². The summed E-state index contributed by atoms with van der Waals surface area (Å²) in [5.41, 5.74) is 10.4.